The second-order valence-electron chi connectivity index (χ2n) is 3.68. The molecule has 0 spiro atoms. The molecule has 0 atom stereocenters. The average molecular weight is 205 g/mol. The Bertz CT molecular complexity index is 387. The molecule has 0 radical (unpaired) electrons. The molecule has 0 N–H and O–H groups in total. The monoisotopic (exact) mass is 205 g/mol. The molecule has 80 valence electrons. The normalized spacial score (nSPS) is 14.7. The van der Waals surface area contributed by atoms with E-state index in [0.717, 1.165) is 34.9 Å². The van der Waals surface area contributed by atoms with Crippen molar-refractivity contribution < 1.29 is 9.47 Å². The van der Waals surface area contributed by atoms with Crippen LogP contribution >= 0.6 is 0 Å². The molecule has 1 heterocycles. The third-order valence-corrected chi connectivity index (χ3v) is 2.50. The minimum absolute atomic E-state index is 0.694. The average Bonchev–Trinajstić information content (AvgIpc) is 2.69. The number of ether oxygens (including phenoxy) is 2. The van der Waals surface area contributed by atoms with Gasteiger partial charge in [0.2, 0.25) is 5.90 Å². The van der Waals surface area contributed by atoms with Crippen LogP contribution in [0.4, 0.5) is 0 Å². The molecule has 0 saturated carbocycles. The molecule has 0 fully saturated rings. The fourth-order valence-electron chi connectivity index (χ4n) is 1.91. The van der Waals surface area contributed by atoms with Gasteiger partial charge in [-0.25, -0.2) is 4.99 Å². The van der Waals surface area contributed by atoms with E-state index in [1.165, 1.54) is 0 Å². The maximum atomic E-state index is 5.43. The van der Waals surface area contributed by atoms with E-state index in [2.05, 4.69) is 17.1 Å². The van der Waals surface area contributed by atoms with Crippen LogP contribution in [-0.2, 0) is 4.74 Å². The van der Waals surface area contributed by atoms with Gasteiger partial charge in [0.15, 0.2) is 0 Å². The van der Waals surface area contributed by atoms with Gasteiger partial charge in [-0.15, -0.1) is 0 Å². The summed E-state index contributed by atoms with van der Waals surface area (Å²) in [5.74, 6) is 1.70. The lowest BCUT2D eigenvalue weighted by Gasteiger charge is -2.10. The van der Waals surface area contributed by atoms with Gasteiger partial charge in [-0.05, 0) is 37.1 Å². The Morgan fingerprint density at radius 1 is 1.27 bits per heavy atom. The first kappa shape index (κ1) is 10.0. The molecule has 1 aromatic rings. The van der Waals surface area contributed by atoms with Crippen molar-refractivity contribution in [3.63, 3.8) is 0 Å². The van der Waals surface area contributed by atoms with Crippen LogP contribution in [0.1, 0.15) is 16.7 Å². The standard InChI is InChI=1S/C12H15NO2/c1-8-6-10(12-13-4-5-15-12)7-9(2)11(8)14-3/h6-7H,4-5H2,1-3H3. The van der Waals surface area contributed by atoms with E-state index >= 15 is 0 Å². The molecule has 0 aliphatic carbocycles. The first-order chi connectivity index (χ1) is 7.22. The van der Waals surface area contributed by atoms with Crippen molar-refractivity contribution in [2.75, 3.05) is 20.3 Å². The highest BCUT2D eigenvalue weighted by molar-refractivity contribution is 5.95. The van der Waals surface area contributed by atoms with E-state index in [4.69, 9.17) is 9.47 Å². The van der Waals surface area contributed by atoms with Gasteiger partial charge >= 0.3 is 0 Å². The van der Waals surface area contributed by atoms with Crippen LogP contribution in [0.5, 0.6) is 5.75 Å². The Morgan fingerprint density at radius 3 is 2.40 bits per heavy atom. The predicted octanol–water partition coefficient (Wildman–Crippen LogP) is 2.09. The highest BCUT2D eigenvalue weighted by Crippen LogP contribution is 2.25. The molecule has 3 nitrogen and oxygen atoms in total. The van der Waals surface area contributed by atoms with Crippen LogP contribution in [0.2, 0.25) is 0 Å². The third-order valence-electron chi connectivity index (χ3n) is 2.50. The largest absolute Gasteiger partial charge is 0.496 e. The van der Waals surface area contributed by atoms with Crippen molar-refractivity contribution in [3.05, 3.63) is 28.8 Å². The Balaban J connectivity index is 2.43. The zero-order chi connectivity index (χ0) is 10.8. The number of methoxy groups -OCH3 is 1. The zero-order valence-corrected chi connectivity index (χ0v) is 9.33. The summed E-state index contributed by atoms with van der Waals surface area (Å²) in [6.45, 7) is 5.52. The Kier molecular flexibility index (Phi) is 2.62. The van der Waals surface area contributed by atoms with E-state index in [-0.39, 0.29) is 0 Å². The molecule has 1 aromatic carbocycles. The molecule has 0 aromatic heterocycles. The fraction of sp³-hybridized carbons (Fsp3) is 0.417. The first-order valence-corrected chi connectivity index (χ1v) is 5.05. The van der Waals surface area contributed by atoms with Gasteiger partial charge in [0.1, 0.15) is 12.4 Å². The summed E-state index contributed by atoms with van der Waals surface area (Å²) < 4.78 is 10.7. The zero-order valence-electron chi connectivity index (χ0n) is 9.33. The first-order valence-electron chi connectivity index (χ1n) is 5.05. The lowest BCUT2D eigenvalue weighted by molar-refractivity contribution is 0.348. The molecule has 0 amide bonds. The quantitative estimate of drug-likeness (QED) is 0.740. The number of rotatable bonds is 2. The number of aliphatic imine (C=N–C) groups is 1. The van der Waals surface area contributed by atoms with Crippen molar-refractivity contribution >= 4 is 5.90 Å². The van der Waals surface area contributed by atoms with E-state index < -0.39 is 0 Å². The maximum Gasteiger partial charge on any atom is 0.216 e. The van der Waals surface area contributed by atoms with Crippen LogP contribution in [0.3, 0.4) is 0 Å². The summed E-state index contributed by atoms with van der Waals surface area (Å²) in [4.78, 5) is 4.30. The molecule has 1 aliphatic heterocycles. The van der Waals surface area contributed by atoms with Gasteiger partial charge in [-0.3, -0.25) is 0 Å². The lowest BCUT2D eigenvalue weighted by Crippen LogP contribution is -2.03. The van der Waals surface area contributed by atoms with Gasteiger partial charge in [-0.2, -0.15) is 0 Å². The smallest absolute Gasteiger partial charge is 0.216 e. The van der Waals surface area contributed by atoms with Gasteiger partial charge < -0.3 is 9.47 Å². The number of nitrogens with zero attached hydrogens (tertiary/aromatic N) is 1. The molecule has 0 unspecified atom stereocenters. The SMILES string of the molecule is COc1c(C)cc(C2=NCCO2)cc1C. The lowest BCUT2D eigenvalue weighted by atomic mass is 10.1. The summed E-state index contributed by atoms with van der Waals surface area (Å²) in [7, 11) is 1.69. The van der Waals surface area contributed by atoms with Crippen molar-refractivity contribution in [2.24, 2.45) is 4.99 Å². The highest BCUT2D eigenvalue weighted by atomic mass is 16.5. The van der Waals surface area contributed by atoms with Gasteiger partial charge in [0.25, 0.3) is 0 Å². The Labute approximate surface area is 89.7 Å². The Morgan fingerprint density at radius 2 is 1.93 bits per heavy atom. The molecule has 1 aliphatic rings. The van der Waals surface area contributed by atoms with Gasteiger partial charge in [-0.1, -0.05) is 0 Å². The van der Waals surface area contributed by atoms with Crippen molar-refractivity contribution in [2.45, 2.75) is 13.8 Å². The van der Waals surface area contributed by atoms with Crippen molar-refractivity contribution in [1.29, 1.82) is 0 Å². The summed E-state index contributed by atoms with van der Waals surface area (Å²) in [6.07, 6.45) is 0. The summed E-state index contributed by atoms with van der Waals surface area (Å²) in [5, 5.41) is 0. The second kappa shape index (κ2) is 3.93. The van der Waals surface area contributed by atoms with E-state index in [0.29, 0.717) is 6.61 Å². The minimum atomic E-state index is 0.694. The number of benzene rings is 1. The summed E-state index contributed by atoms with van der Waals surface area (Å²) in [6, 6.07) is 4.10. The summed E-state index contributed by atoms with van der Waals surface area (Å²) in [5.41, 5.74) is 3.28. The summed E-state index contributed by atoms with van der Waals surface area (Å²) >= 11 is 0. The van der Waals surface area contributed by atoms with Crippen LogP contribution in [-0.4, -0.2) is 26.2 Å². The van der Waals surface area contributed by atoms with Crippen LogP contribution in [0.15, 0.2) is 17.1 Å². The Hall–Kier alpha value is -1.51. The molecule has 0 bridgehead atoms. The van der Waals surface area contributed by atoms with Gasteiger partial charge in [0, 0.05) is 5.56 Å². The minimum Gasteiger partial charge on any atom is -0.496 e. The van der Waals surface area contributed by atoms with Crippen molar-refractivity contribution in [3.8, 4) is 5.75 Å². The third kappa shape index (κ3) is 1.82. The topological polar surface area (TPSA) is 30.8 Å². The molecule has 0 saturated heterocycles. The van der Waals surface area contributed by atoms with E-state index in [1.807, 2.05) is 13.8 Å². The highest BCUT2D eigenvalue weighted by Gasteiger charge is 2.13. The van der Waals surface area contributed by atoms with E-state index in [9.17, 15) is 0 Å². The van der Waals surface area contributed by atoms with Crippen LogP contribution in [0.25, 0.3) is 0 Å². The fourth-order valence-corrected chi connectivity index (χ4v) is 1.91. The number of hydrogen-bond donors (Lipinski definition) is 0. The molecule has 15 heavy (non-hydrogen) atoms. The van der Waals surface area contributed by atoms with E-state index in [1.54, 1.807) is 7.11 Å². The molecule has 3 heteroatoms. The number of hydrogen-bond acceptors (Lipinski definition) is 3. The maximum absolute atomic E-state index is 5.43. The second-order valence-corrected chi connectivity index (χ2v) is 3.68. The van der Waals surface area contributed by atoms with Gasteiger partial charge in [0.05, 0.1) is 13.7 Å². The molecular weight excluding hydrogens is 190 g/mol. The number of aryl methyl sites for hydroxylation is 2. The predicted molar refractivity (Wildman–Crippen MR) is 59.8 cm³/mol. The molecule has 2 rings (SSSR count). The molecular formula is C12H15NO2. The van der Waals surface area contributed by atoms with Crippen LogP contribution < -0.4 is 4.74 Å². The van der Waals surface area contributed by atoms with Crippen molar-refractivity contribution in [1.82, 2.24) is 0 Å². The van der Waals surface area contributed by atoms with Crippen LogP contribution in [0, 0.1) is 13.8 Å².